The van der Waals surface area contributed by atoms with E-state index in [1.165, 1.54) is 11.3 Å². The Balaban J connectivity index is 2.53. The van der Waals surface area contributed by atoms with Gasteiger partial charge in [0.05, 0.1) is 10.7 Å². The molecule has 4 heteroatoms. The molecule has 0 aliphatic rings. The van der Waals surface area contributed by atoms with Crippen LogP contribution in [0.4, 0.5) is 0 Å². The van der Waals surface area contributed by atoms with E-state index in [4.69, 9.17) is 23.2 Å². The van der Waals surface area contributed by atoms with Gasteiger partial charge in [-0.25, -0.2) is 4.98 Å². The first kappa shape index (κ1) is 9.00. The van der Waals surface area contributed by atoms with Gasteiger partial charge < -0.3 is 0 Å². The minimum absolute atomic E-state index is 0.617. The van der Waals surface area contributed by atoms with Gasteiger partial charge in [0.25, 0.3) is 0 Å². The van der Waals surface area contributed by atoms with Crippen molar-refractivity contribution in [3.63, 3.8) is 0 Å². The van der Waals surface area contributed by atoms with Crippen molar-refractivity contribution < 1.29 is 0 Å². The van der Waals surface area contributed by atoms with Crippen LogP contribution in [0.2, 0.25) is 10.0 Å². The minimum Gasteiger partial charge on any atom is -0.233 e. The second-order valence-corrected chi connectivity index (χ2v) is 3.95. The van der Waals surface area contributed by atoms with Crippen LogP contribution in [-0.4, -0.2) is 4.98 Å². The van der Waals surface area contributed by atoms with Crippen LogP contribution < -0.4 is 0 Å². The molecule has 1 aromatic heterocycles. The monoisotopic (exact) mass is 228 g/mol. The van der Waals surface area contributed by atoms with E-state index in [0.717, 1.165) is 11.3 Å². The average Bonchev–Trinajstić information content (AvgIpc) is 2.56. The fraction of sp³-hybridized carbons (Fsp3) is 0. The standard InChI is InChI=1S/C9H4Cl2NS/c10-6-1-2-7(8(11)3-6)9-4-13-5-12-9/h1-4H. The summed E-state index contributed by atoms with van der Waals surface area (Å²) in [6.45, 7) is 0. The van der Waals surface area contributed by atoms with Crippen molar-refractivity contribution >= 4 is 34.5 Å². The Hall–Kier alpha value is -0.570. The SMILES string of the molecule is Clc1ccc(-c2cs[c]n2)c(Cl)c1. The molecule has 0 amide bonds. The molecule has 0 aliphatic carbocycles. The second kappa shape index (κ2) is 3.66. The van der Waals surface area contributed by atoms with E-state index in [1.54, 1.807) is 12.1 Å². The zero-order valence-electron chi connectivity index (χ0n) is 6.42. The molecule has 1 radical (unpaired) electrons. The number of aromatic nitrogens is 1. The molecule has 0 aliphatic heterocycles. The highest BCUT2D eigenvalue weighted by Gasteiger charge is 2.05. The van der Waals surface area contributed by atoms with Gasteiger partial charge in [-0.2, -0.15) is 0 Å². The van der Waals surface area contributed by atoms with Gasteiger partial charge in [-0.15, -0.1) is 11.3 Å². The third-order valence-corrected chi connectivity index (χ3v) is 2.68. The molecule has 0 fully saturated rings. The van der Waals surface area contributed by atoms with E-state index in [2.05, 4.69) is 10.5 Å². The quantitative estimate of drug-likeness (QED) is 0.722. The number of thiazole rings is 1. The summed E-state index contributed by atoms with van der Waals surface area (Å²) in [5.74, 6) is 0. The molecule has 0 atom stereocenters. The van der Waals surface area contributed by atoms with E-state index >= 15 is 0 Å². The third kappa shape index (κ3) is 1.85. The van der Waals surface area contributed by atoms with Gasteiger partial charge in [0.2, 0.25) is 0 Å². The smallest absolute Gasteiger partial charge is 0.152 e. The summed E-state index contributed by atoms with van der Waals surface area (Å²) in [6, 6.07) is 5.35. The normalized spacial score (nSPS) is 10.3. The van der Waals surface area contributed by atoms with E-state index in [-0.39, 0.29) is 0 Å². The minimum atomic E-state index is 0.617. The molecular weight excluding hydrogens is 225 g/mol. The highest BCUT2D eigenvalue weighted by molar-refractivity contribution is 7.07. The summed E-state index contributed by atoms with van der Waals surface area (Å²) in [5, 5.41) is 3.15. The highest BCUT2D eigenvalue weighted by Crippen LogP contribution is 2.29. The molecule has 0 N–H and O–H groups in total. The number of halogens is 2. The van der Waals surface area contributed by atoms with E-state index in [1.807, 2.05) is 11.4 Å². The number of hydrogen-bond acceptors (Lipinski definition) is 2. The molecule has 0 saturated carbocycles. The third-order valence-electron chi connectivity index (χ3n) is 1.60. The lowest BCUT2D eigenvalue weighted by molar-refractivity contribution is 1.40. The largest absolute Gasteiger partial charge is 0.233 e. The molecule has 13 heavy (non-hydrogen) atoms. The van der Waals surface area contributed by atoms with Crippen molar-refractivity contribution in [1.29, 1.82) is 0 Å². The fourth-order valence-corrected chi connectivity index (χ4v) is 2.01. The van der Waals surface area contributed by atoms with Crippen molar-refractivity contribution in [2.75, 3.05) is 0 Å². The van der Waals surface area contributed by atoms with E-state index in [0.29, 0.717) is 10.0 Å². The maximum atomic E-state index is 5.99. The van der Waals surface area contributed by atoms with Gasteiger partial charge in [-0.3, -0.25) is 0 Å². The summed E-state index contributed by atoms with van der Waals surface area (Å²) in [5.41, 5.74) is 4.50. The van der Waals surface area contributed by atoms with Gasteiger partial charge >= 0.3 is 0 Å². The lowest BCUT2D eigenvalue weighted by Gasteiger charge is -1.99. The molecule has 2 rings (SSSR count). The van der Waals surface area contributed by atoms with E-state index in [9.17, 15) is 0 Å². The Morgan fingerprint density at radius 2 is 2.15 bits per heavy atom. The maximum absolute atomic E-state index is 5.99. The lowest BCUT2D eigenvalue weighted by atomic mass is 10.2. The zero-order chi connectivity index (χ0) is 9.26. The first-order chi connectivity index (χ1) is 6.27. The Morgan fingerprint density at radius 1 is 1.31 bits per heavy atom. The van der Waals surface area contributed by atoms with Crippen molar-refractivity contribution in [2.45, 2.75) is 0 Å². The van der Waals surface area contributed by atoms with Crippen molar-refractivity contribution in [3.05, 3.63) is 39.1 Å². The molecule has 0 spiro atoms. The Morgan fingerprint density at radius 3 is 2.77 bits per heavy atom. The summed E-state index contributed by atoms with van der Waals surface area (Å²) in [4.78, 5) is 4.04. The van der Waals surface area contributed by atoms with Crippen molar-refractivity contribution in [3.8, 4) is 11.3 Å². The Bertz CT molecular complexity index is 412. The summed E-state index contributed by atoms with van der Waals surface area (Å²) in [6.07, 6.45) is 0. The van der Waals surface area contributed by atoms with Crippen molar-refractivity contribution in [2.24, 2.45) is 0 Å². The molecule has 0 saturated heterocycles. The predicted octanol–water partition coefficient (Wildman–Crippen LogP) is 3.92. The summed E-state index contributed by atoms with van der Waals surface area (Å²) >= 11 is 13.2. The topological polar surface area (TPSA) is 12.9 Å². The van der Waals surface area contributed by atoms with Crippen molar-refractivity contribution in [1.82, 2.24) is 4.98 Å². The molecular formula is C9H4Cl2NS. The highest BCUT2D eigenvalue weighted by atomic mass is 35.5. The fourth-order valence-electron chi connectivity index (χ4n) is 1.00. The van der Waals surface area contributed by atoms with Crippen LogP contribution in [0.1, 0.15) is 0 Å². The Labute approximate surface area is 90.0 Å². The van der Waals surface area contributed by atoms with Gasteiger partial charge in [0.15, 0.2) is 5.51 Å². The van der Waals surface area contributed by atoms with Gasteiger partial charge in [0.1, 0.15) is 0 Å². The van der Waals surface area contributed by atoms with Crippen LogP contribution in [0.5, 0.6) is 0 Å². The average molecular weight is 229 g/mol. The number of benzene rings is 1. The lowest BCUT2D eigenvalue weighted by Crippen LogP contribution is -1.78. The molecule has 1 heterocycles. The molecule has 1 nitrogen and oxygen atoms in total. The van der Waals surface area contributed by atoms with Crippen LogP contribution in [-0.2, 0) is 0 Å². The number of hydrogen-bond donors (Lipinski definition) is 0. The molecule has 0 bridgehead atoms. The van der Waals surface area contributed by atoms with Gasteiger partial charge in [0, 0.05) is 16.0 Å². The summed E-state index contributed by atoms with van der Waals surface area (Å²) in [7, 11) is 0. The van der Waals surface area contributed by atoms with Gasteiger partial charge in [-0.1, -0.05) is 23.2 Å². The van der Waals surface area contributed by atoms with Crippen LogP contribution in [0.3, 0.4) is 0 Å². The molecule has 2 aromatic rings. The van der Waals surface area contributed by atoms with Crippen LogP contribution in [0.25, 0.3) is 11.3 Å². The maximum Gasteiger partial charge on any atom is 0.152 e. The zero-order valence-corrected chi connectivity index (χ0v) is 8.75. The van der Waals surface area contributed by atoms with Crippen LogP contribution in [0.15, 0.2) is 23.6 Å². The van der Waals surface area contributed by atoms with E-state index < -0.39 is 0 Å². The van der Waals surface area contributed by atoms with Gasteiger partial charge in [-0.05, 0) is 18.2 Å². The van der Waals surface area contributed by atoms with Crippen LogP contribution >= 0.6 is 34.5 Å². The number of nitrogens with zero attached hydrogens (tertiary/aromatic N) is 1. The summed E-state index contributed by atoms with van der Waals surface area (Å²) < 4.78 is 0. The molecule has 0 unspecified atom stereocenters. The molecule has 65 valence electrons. The number of rotatable bonds is 1. The Kier molecular flexibility index (Phi) is 2.54. The van der Waals surface area contributed by atoms with Crippen LogP contribution in [0, 0.1) is 5.51 Å². The predicted molar refractivity (Wildman–Crippen MR) is 56.4 cm³/mol. The second-order valence-electron chi connectivity index (χ2n) is 2.45. The first-order valence-corrected chi connectivity index (χ1v) is 5.18. The first-order valence-electron chi connectivity index (χ1n) is 3.54. The molecule has 1 aromatic carbocycles.